The molecule has 1 heterocycles. The first-order valence-corrected chi connectivity index (χ1v) is 5.54. The number of nitrogens with one attached hydrogen (secondary N) is 2. The highest BCUT2D eigenvalue weighted by Crippen LogP contribution is 2.06. The molecular formula is C12H15N3O3. The molecule has 0 fully saturated rings. The van der Waals surface area contributed by atoms with Crippen molar-refractivity contribution in [3.05, 3.63) is 30.0 Å². The summed E-state index contributed by atoms with van der Waals surface area (Å²) in [5.74, 6) is -0.674. The Bertz CT molecular complexity index is 458. The van der Waals surface area contributed by atoms with Gasteiger partial charge in [0.15, 0.2) is 0 Å². The van der Waals surface area contributed by atoms with E-state index in [4.69, 9.17) is 5.11 Å². The summed E-state index contributed by atoms with van der Waals surface area (Å²) < 4.78 is 0. The predicted molar refractivity (Wildman–Crippen MR) is 68.2 cm³/mol. The van der Waals surface area contributed by atoms with Crippen LogP contribution in [0.1, 0.15) is 19.0 Å². The molecule has 0 aliphatic carbocycles. The molecule has 2 amide bonds. The third kappa shape index (κ3) is 5.11. The SMILES string of the molecule is CCCNC(=O)Nc1cccc(/C=C/C(=O)O)n1. The van der Waals surface area contributed by atoms with Gasteiger partial charge in [-0.25, -0.2) is 14.6 Å². The summed E-state index contributed by atoms with van der Waals surface area (Å²) in [7, 11) is 0. The van der Waals surface area contributed by atoms with Gasteiger partial charge < -0.3 is 10.4 Å². The van der Waals surface area contributed by atoms with Crippen LogP contribution in [0.4, 0.5) is 10.6 Å². The standard InChI is InChI=1S/C12H15N3O3/c1-2-8-13-12(18)15-10-5-3-4-9(14-10)6-7-11(16)17/h3-7H,2,8H2,1H3,(H,16,17)(H2,13,14,15,18)/b7-6+. The van der Waals surface area contributed by atoms with Gasteiger partial charge in [0.25, 0.3) is 0 Å². The number of pyridine rings is 1. The summed E-state index contributed by atoms with van der Waals surface area (Å²) in [5, 5.41) is 13.7. The molecule has 6 nitrogen and oxygen atoms in total. The van der Waals surface area contributed by atoms with Crippen molar-refractivity contribution in [2.75, 3.05) is 11.9 Å². The van der Waals surface area contributed by atoms with E-state index in [2.05, 4.69) is 15.6 Å². The van der Waals surface area contributed by atoms with E-state index in [0.717, 1.165) is 12.5 Å². The lowest BCUT2D eigenvalue weighted by atomic mass is 10.3. The summed E-state index contributed by atoms with van der Waals surface area (Å²) in [4.78, 5) is 25.8. The maximum absolute atomic E-state index is 11.4. The molecule has 18 heavy (non-hydrogen) atoms. The van der Waals surface area contributed by atoms with E-state index in [1.165, 1.54) is 6.08 Å². The van der Waals surface area contributed by atoms with Crippen LogP contribution in [-0.4, -0.2) is 28.6 Å². The molecule has 1 rings (SSSR count). The van der Waals surface area contributed by atoms with Gasteiger partial charge in [-0.05, 0) is 24.6 Å². The largest absolute Gasteiger partial charge is 0.478 e. The fourth-order valence-corrected chi connectivity index (χ4v) is 1.17. The molecule has 0 saturated heterocycles. The van der Waals surface area contributed by atoms with Gasteiger partial charge in [0.2, 0.25) is 0 Å². The van der Waals surface area contributed by atoms with Crippen LogP contribution < -0.4 is 10.6 Å². The molecule has 0 aromatic carbocycles. The van der Waals surface area contributed by atoms with Gasteiger partial charge >= 0.3 is 12.0 Å². The first kappa shape index (κ1) is 13.7. The average Bonchev–Trinajstić information content (AvgIpc) is 2.34. The third-order valence-electron chi connectivity index (χ3n) is 1.94. The molecular weight excluding hydrogens is 234 g/mol. The van der Waals surface area contributed by atoms with Crippen molar-refractivity contribution >= 4 is 23.9 Å². The summed E-state index contributed by atoms with van der Waals surface area (Å²) in [6.07, 6.45) is 3.20. The van der Waals surface area contributed by atoms with E-state index in [9.17, 15) is 9.59 Å². The van der Waals surface area contributed by atoms with Crippen molar-refractivity contribution in [2.45, 2.75) is 13.3 Å². The first-order chi connectivity index (χ1) is 8.61. The van der Waals surface area contributed by atoms with Crippen molar-refractivity contribution < 1.29 is 14.7 Å². The molecule has 0 aliphatic heterocycles. The number of anilines is 1. The van der Waals surface area contributed by atoms with Gasteiger partial charge in [0.05, 0.1) is 5.69 Å². The van der Waals surface area contributed by atoms with Crippen LogP contribution in [0.2, 0.25) is 0 Å². The summed E-state index contributed by atoms with van der Waals surface area (Å²) in [6, 6.07) is 4.63. The molecule has 96 valence electrons. The summed E-state index contributed by atoms with van der Waals surface area (Å²) >= 11 is 0. The number of amides is 2. The molecule has 0 spiro atoms. The second-order valence-electron chi connectivity index (χ2n) is 3.50. The number of carbonyl (C=O) groups excluding carboxylic acids is 1. The monoisotopic (exact) mass is 249 g/mol. The van der Waals surface area contributed by atoms with Gasteiger partial charge in [0.1, 0.15) is 5.82 Å². The maximum atomic E-state index is 11.4. The lowest BCUT2D eigenvalue weighted by Crippen LogP contribution is -2.29. The number of hydrogen-bond acceptors (Lipinski definition) is 3. The first-order valence-electron chi connectivity index (χ1n) is 5.54. The van der Waals surface area contributed by atoms with Crippen molar-refractivity contribution in [3.8, 4) is 0 Å². The Balaban J connectivity index is 2.64. The number of carboxylic acids is 1. The fourth-order valence-electron chi connectivity index (χ4n) is 1.17. The van der Waals surface area contributed by atoms with Crippen molar-refractivity contribution in [2.24, 2.45) is 0 Å². The van der Waals surface area contributed by atoms with E-state index in [1.54, 1.807) is 18.2 Å². The highest BCUT2D eigenvalue weighted by atomic mass is 16.4. The van der Waals surface area contributed by atoms with Crippen molar-refractivity contribution in [1.82, 2.24) is 10.3 Å². The van der Waals surface area contributed by atoms with Crippen LogP contribution >= 0.6 is 0 Å². The number of aromatic nitrogens is 1. The van der Waals surface area contributed by atoms with Crippen LogP contribution in [0.5, 0.6) is 0 Å². The van der Waals surface area contributed by atoms with Crippen molar-refractivity contribution in [3.63, 3.8) is 0 Å². The number of hydrogen-bond donors (Lipinski definition) is 3. The minimum Gasteiger partial charge on any atom is -0.478 e. The summed E-state index contributed by atoms with van der Waals surface area (Å²) in [5.41, 5.74) is 0.464. The van der Waals surface area contributed by atoms with Crippen molar-refractivity contribution in [1.29, 1.82) is 0 Å². The zero-order valence-electron chi connectivity index (χ0n) is 10.0. The Morgan fingerprint density at radius 2 is 2.22 bits per heavy atom. The van der Waals surface area contributed by atoms with Gasteiger partial charge in [0, 0.05) is 12.6 Å². The maximum Gasteiger partial charge on any atom is 0.328 e. The highest BCUT2D eigenvalue weighted by Gasteiger charge is 2.01. The number of rotatable bonds is 5. The molecule has 0 radical (unpaired) electrons. The number of carbonyl (C=O) groups is 2. The quantitative estimate of drug-likeness (QED) is 0.693. The Morgan fingerprint density at radius 1 is 1.44 bits per heavy atom. The fraction of sp³-hybridized carbons (Fsp3) is 0.250. The number of urea groups is 1. The molecule has 3 N–H and O–H groups in total. The lowest BCUT2D eigenvalue weighted by molar-refractivity contribution is -0.131. The molecule has 0 aliphatic rings. The zero-order valence-corrected chi connectivity index (χ0v) is 10.0. The van der Waals surface area contributed by atoms with Crippen LogP contribution in [0, 0.1) is 0 Å². The molecule has 6 heteroatoms. The predicted octanol–water partition coefficient (Wildman–Crippen LogP) is 1.71. The van der Waals surface area contributed by atoms with E-state index < -0.39 is 5.97 Å². The Labute approximate surface area is 105 Å². The Hall–Kier alpha value is -2.37. The molecule has 0 unspecified atom stereocenters. The normalized spacial score (nSPS) is 10.3. The smallest absolute Gasteiger partial charge is 0.328 e. The third-order valence-corrected chi connectivity index (χ3v) is 1.94. The second-order valence-corrected chi connectivity index (χ2v) is 3.50. The van der Waals surface area contributed by atoms with Crippen LogP contribution in [0.15, 0.2) is 24.3 Å². The minimum atomic E-state index is -1.05. The highest BCUT2D eigenvalue weighted by molar-refractivity contribution is 5.88. The molecule has 1 aromatic rings. The zero-order chi connectivity index (χ0) is 13.4. The average molecular weight is 249 g/mol. The van der Waals surface area contributed by atoms with E-state index in [0.29, 0.717) is 18.1 Å². The summed E-state index contributed by atoms with van der Waals surface area (Å²) in [6.45, 7) is 2.54. The van der Waals surface area contributed by atoms with E-state index >= 15 is 0 Å². The van der Waals surface area contributed by atoms with Crippen LogP contribution in [0.3, 0.4) is 0 Å². The topological polar surface area (TPSA) is 91.3 Å². The van der Waals surface area contributed by atoms with Gasteiger partial charge in [-0.1, -0.05) is 13.0 Å². The number of carboxylic acid groups (broad SMARTS) is 1. The van der Waals surface area contributed by atoms with Gasteiger partial charge in [-0.2, -0.15) is 0 Å². The second kappa shape index (κ2) is 7.05. The molecule has 0 atom stereocenters. The van der Waals surface area contributed by atoms with E-state index in [-0.39, 0.29) is 6.03 Å². The Morgan fingerprint density at radius 3 is 2.89 bits per heavy atom. The number of aliphatic carboxylic acids is 1. The van der Waals surface area contributed by atoms with Gasteiger partial charge in [-0.15, -0.1) is 0 Å². The van der Waals surface area contributed by atoms with E-state index in [1.807, 2.05) is 6.92 Å². The van der Waals surface area contributed by atoms with Crippen LogP contribution in [-0.2, 0) is 4.79 Å². The Kier molecular flexibility index (Phi) is 5.37. The lowest BCUT2D eigenvalue weighted by Gasteiger charge is -2.06. The molecule has 1 aromatic heterocycles. The molecule has 0 bridgehead atoms. The number of nitrogens with zero attached hydrogens (tertiary/aromatic N) is 1. The van der Waals surface area contributed by atoms with Gasteiger partial charge in [-0.3, -0.25) is 5.32 Å². The van der Waals surface area contributed by atoms with Crippen LogP contribution in [0.25, 0.3) is 6.08 Å². The molecule has 0 saturated carbocycles. The minimum absolute atomic E-state index is 0.330.